The maximum Gasteiger partial charge on any atom is 0.308 e. The molecule has 12 heteroatoms. The van der Waals surface area contributed by atoms with Crippen molar-refractivity contribution in [2.75, 3.05) is 6.61 Å². The van der Waals surface area contributed by atoms with Gasteiger partial charge in [-0.05, 0) is 12.1 Å². The normalized spacial score (nSPS) is 23.4. The van der Waals surface area contributed by atoms with Crippen LogP contribution in [0, 0.1) is 5.92 Å². The molecule has 1 heterocycles. The molecule has 0 saturated carbocycles. The molecule has 1 aliphatic heterocycles. The molecule has 35 heavy (non-hydrogen) atoms. The first-order chi connectivity index (χ1) is 16.4. The van der Waals surface area contributed by atoms with E-state index in [4.69, 9.17) is 33.2 Å². The third-order valence-electron chi connectivity index (χ3n) is 4.75. The molecule has 2 rings (SSSR count). The number of para-hydroxylation sites is 1. The number of carbonyl (C=O) groups is 5. The highest BCUT2D eigenvalue weighted by Gasteiger charge is 2.49. The topological polar surface area (TPSA) is 150 Å². The Morgan fingerprint density at radius 2 is 1.34 bits per heavy atom. The average molecular weight is 496 g/mol. The van der Waals surface area contributed by atoms with Gasteiger partial charge >= 0.3 is 29.8 Å². The molecule has 0 aliphatic carbocycles. The van der Waals surface area contributed by atoms with E-state index in [0.29, 0.717) is 0 Å². The Balaban J connectivity index is 2.50. The molecular weight excluding hydrogens is 468 g/mol. The maximum atomic E-state index is 11.9. The fraction of sp³-hybridized carbons (Fsp3) is 0.522. The predicted octanol–water partition coefficient (Wildman–Crippen LogP) is 1.70. The van der Waals surface area contributed by atoms with E-state index in [1.54, 1.807) is 6.92 Å². The Labute approximate surface area is 201 Å². The Hall–Kier alpha value is -3.67. The number of hydrogen-bond acceptors (Lipinski definition) is 12. The molecule has 0 unspecified atom stereocenters. The van der Waals surface area contributed by atoms with Gasteiger partial charge in [0, 0.05) is 40.5 Å². The Kier molecular flexibility index (Phi) is 9.58. The second-order valence-corrected chi connectivity index (χ2v) is 7.74. The van der Waals surface area contributed by atoms with Crippen LogP contribution in [0.1, 0.15) is 41.5 Å². The van der Waals surface area contributed by atoms with Gasteiger partial charge in [0.25, 0.3) is 0 Å². The molecule has 1 aromatic rings. The van der Waals surface area contributed by atoms with Crippen LogP contribution in [0.2, 0.25) is 0 Å². The summed E-state index contributed by atoms with van der Waals surface area (Å²) in [5.41, 5.74) is 0. The van der Waals surface area contributed by atoms with E-state index in [2.05, 4.69) is 0 Å². The van der Waals surface area contributed by atoms with Crippen molar-refractivity contribution in [2.45, 2.75) is 66.1 Å². The van der Waals surface area contributed by atoms with Crippen molar-refractivity contribution in [3.05, 3.63) is 18.2 Å². The van der Waals surface area contributed by atoms with E-state index >= 15 is 0 Å². The second-order valence-electron chi connectivity index (χ2n) is 7.74. The summed E-state index contributed by atoms with van der Waals surface area (Å²) < 4.78 is 38.0. The average Bonchev–Trinajstić information content (AvgIpc) is 2.72. The van der Waals surface area contributed by atoms with Gasteiger partial charge in [-0.2, -0.15) is 0 Å². The zero-order valence-corrected chi connectivity index (χ0v) is 20.2. The van der Waals surface area contributed by atoms with Gasteiger partial charge in [0.15, 0.2) is 11.5 Å². The second kappa shape index (κ2) is 12.2. The molecule has 5 atom stereocenters. The van der Waals surface area contributed by atoms with Crippen LogP contribution in [0.15, 0.2) is 18.2 Å². The third kappa shape index (κ3) is 7.95. The quantitative estimate of drug-likeness (QED) is 0.293. The van der Waals surface area contributed by atoms with Crippen LogP contribution in [0.4, 0.5) is 0 Å². The number of hydrogen-bond donors (Lipinski definition) is 0. The van der Waals surface area contributed by atoms with E-state index in [9.17, 15) is 24.0 Å². The Bertz CT molecular complexity index is 971. The highest BCUT2D eigenvalue weighted by molar-refractivity contribution is 5.75. The number of ether oxygens (including phenoxy) is 7. The fourth-order valence-electron chi connectivity index (χ4n) is 3.40. The molecule has 1 saturated heterocycles. The van der Waals surface area contributed by atoms with E-state index in [0.717, 1.165) is 20.8 Å². The SMILES string of the molecule is CC(=O)OC[C@H]1O[C@@H](Oc2cccc(OC(C)=O)c2OC(C)=O)[C@H](OC(C)=O)[C@@H](OC(C)=O)[C@@H]1C. The molecular formula is C23H28O12. The van der Waals surface area contributed by atoms with Gasteiger partial charge in [0.1, 0.15) is 18.8 Å². The summed E-state index contributed by atoms with van der Waals surface area (Å²) in [6.07, 6.45) is -4.51. The lowest BCUT2D eigenvalue weighted by atomic mass is 9.90. The summed E-state index contributed by atoms with van der Waals surface area (Å²) in [6, 6.07) is 4.25. The highest BCUT2D eigenvalue weighted by atomic mass is 16.7. The third-order valence-corrected chi connectivity index (χ3v) is 4.75. The van der Waals surface area contributed by atoms with E-state index in [1.165, 1.54) is 32.0 Å². The van der Waals surface area contributed by atoms with Gasteiger partial charge in [0.2, 0.25) is 18.1 Å². The minimum absolute atomic E-state index is 0.0940. The largest absolute Gasteiger partial charge is 0.463 e. The molecule has 0 amide bonds. The highest BCUT2D eigenvalue weighted by Crippen LogP contribution is 2.40. The fourth-order valence-corrected chi connectivity index (χ4v) is 3.40. The van der Waals surface area contributed by atoms with Crippen LogP contribution in [0.25, 0.3) is 0 Å². The minimum Gasteiger partial charge on any atom is -0.463 e. The Morgan fingerprint density at radius 3 is 1.89 bits per heavy atom. The molecule has 0 radical (unpaired) electrons. The summed E-state index contributed by atoms with van der Waals surface area (Å²) >= 11 is 0. The van der Waals surface area contributed by atoms with Gasteiger partial charge < -0.3 is 33.2 Å². The molecule has 0 spiro atoms. The zero-order valence-electron chi connectivity index (χ0n) is 20.2. The van der Waals surface area contributed by atoms with Crippen molar-refractivity contribution in [3.8, 4) is 17.2 Å². The van der Waals surface area contributed by atoms with E-state index in [-0.39, 0.29) is 23.9 Å². The minimum atomic E-state index is -1.40. The van der Waals surface area contributed by atoms with Crippen LogP contribution in [-0.2, 0) is 42.9 Å². The van der Waals surface area contributed by atoms with E-state index in [1.807, 2.05) is 0 Å². The molecule has 192 valence electrons. The van der Waals surface area contributed by atoms with Gasteiger partial charge in [-0.25, -0.2) is 0 Å². The summed E-state index contributed by atoms with van der Waals surface area (Å²) in [6.45, 7) is 7.33. The lowest BCUT2D eigenvalue weighted by molar-refractivity contribution is -0.272. The van der Waals surface area contributed by atoms with Gasteiger partial charge in [-0.15, -0.1) is 0 Å². The number of benzene rings is 1. The molecule has 0 bridgehead atoms. The molecule has 1 fully saturated rings. The lowest BCUT2D eigenvalue weighted by Crippen LogP contribution is -2.59. The number of carbonyl (C=O) groups excluding carboxylic acids is 5. The van der Waals surface area contributed by atoms with Gasteiger partial charge in [-0.1, -0.05) is 13.0 Å². The lowest BCUT2D eigenvalue weighted by Gasteiger charge is -2.43. The zero-order chi connectivity index (χ0) is 26.3. The number of esters is 5. The van der Waals surface area contributed by atoms with Crippen molar-refractivity contribution >= 4 is 29.8 Å². The first-order valence-corrected chi connectivity index (χ1v) is 10.7. The molecule has 1 aliphatic rings. The van der Waals surface area contributed by atoms with Crippen LogP contribution >= 0.6 is 0 Å². The monoisotopic (exact) mass is 496 g/mol. The van der Waals surface area contributed by atoms with Crippen molar-refractivity contribution < 1.29 is 57.1 Å². The summed E-state index contributed by atoms with van der Waals surface area (Å²) in [4.78, 5) is 58.2. The van der Waals surface area contributed by atoms with Crippen LogP contribution < -0.4 is 14.2 Å². The summed E-state index contributed by atoms with van der Waals surface area (Å²) in [5, 5.41) is 0. The van der Waals surface area contributed by atoms with E-state index < -0.39 is 60.4 Å². The van der Waals surface area contributed by atoms with Crippen LogP contribution in [0.3, 0.4) is 0 Å². The van der Waals surface area contributed by atoms with Crippen molar-refractivity contribution in [3.63, 3.8) is 0 Å². The summed E-state index contributed by atoms with van der Waals surface area (Å²) in [5.74, 6) is -4.32. The van der Waals surface area contributed by atoms with Crippen molar-refractivity contribution in [2.24, 2.45) is 5.92 Å². The van der Waals surface area contributed by atoms with Crippen LogP contribution in [0.5, 0.6) is 17.2 Å². The smallest absolute Gasteiger partial charge is 0.308 e. The van der Waals surface area contributed by atoms with Gasteiger partial charge in [0.05, 0.1) is 0 Å². The van der Waals surface area contributed by atoms with Crippen molar-refractivity contribution in [1.82, 2.24) is 0 Å². The first-order valence-electron chi connectivity index (χ1n) is 10.7. The van der Waals surface area contributed by atoms with Crippen LogP contribution in [-0.4, -0.2) is 61.1 Å². The number of rotatable bonds is 8. The standard InChI is InChI=1S/C23H28O12/c1-11-19(10-29-12(2)24)35-23(22(33-16(6)28)20(11)31-14(4)26)34-18-9-7-8-17(30-13(3)25)21(18)32-15(5)27/h7-9,11,19-20,22-23H,10H2,1-6H3/t11-,19-,20+,22-,23-/m1/s1. The van der Waals surface area contributed by atoms with Crippen molar-refractivity contribution in [1.29, 1.82) is 0 Å². The molecule has 0 aromatic heterocycles. The molecule has 12 nitrogen and oxygen atoms in total. The molecule has 0 N–H and O–H groups in total. The maximum absolute atomic E-state index is 11.9. The summed E-state index contributed by atoms with van der Waals surface area (Å²) in [7, 11) is 0. The van der Waals surface area contributed by atoms with Gasteiger partial charge in [-0.3, -0.25) is 24.0 Å². The Morgan fingerprint density at radius 1 is 0.771 bits per heavy atom. The molecule has 1 aromatic carbocycles. The predicted molar refractivity (Wildman–Crippen MR) is 115 cm³/mol. The first kappa shape index (κ1) is 27.6.